The number of carbonyl (C=O) groups excluding carboxylic acids is 1. The van der Waals surface area contributed by atoms with Crippen LogP contribution in [-0.2, 0) is 4.79 Å². The third-order valence-corrected chi connectivity index (χ3v) is 3.62. The molecule has 0 aromatic heterocycles. The first kappa shape index (κ1) is 13.7. The van der Waals surface area contributed by atoms with Gasteiger partial charge in [0.15, 0.2) is 11.5 Å². The van der Waals surface area contributed by atoms with Crippen molar-refractivity contribution in [2.45, 2.75) is 0 Å². The van der Waals surface area contributed by atoms with E-state index < -0.39 is 0 Å². The number of carbonyl (C=O) groups is 1. The van der Waals surface area contributed by atoms with Gasteiger partial charge in [-0.2, -0.15) is 0 Å². The summed E-state index contributed by atoms with van der Waals surface area (Å²) < 4.78 is 10.6. The molecule has 1 aromatic rings. The van der Waals surface area contributed by atoms with Gasteiger partial charge >= 0.3 is 0 Å². The molecule has 1 saturated heterocycles. The Morgan fingerprint density at radius 1 is 1.32 bits per heavy atom. The molecule has 1 heterocycles. The number of nitrogens with one attached hydrogen (secondary N) is 1. The third kappa shape index (κ3) is 2.82. The highest BCUT2D eigenvalue weighted by Crippen LogP contribution is 2.36. The van der Waals surface area contributed by atoms with E-state index >= 15 is 0 Å². The van der Waals surface area contributed by atoms with Crippen molar-refractivity contribution in [1.29, 1.82) is 0 Å². The van der Waals surface area contributed by atoms with E-state index in [1.807, 2.05) is 0 Å². The highest BCUT2D eigenvalue weighted by Gasteiger charge is 2.23. The lowest BCUT2D eigenvalue weighted by atomic mass is 10.1. The van der Waals surface area contributed by atoms with Gasteiger partial charge in [-0.25, -0.2) is 0 Å². The van der Waals surface area contributed by atoms with E-state index in [4.69, 9.17) is 21.7 Å². The van der Waals surface area contributed by atoms with Gasteiger partial charge in [-0.15, -0.1) is 0 Å². The fraction of sp³-hybridized carbons (Fsp3) is 0.167. The lowest BCUT2D eigenvalue weighted by molar-refractivity contribution is -0.115. The van der Waals surface area contributed by atoms with Gasteiger partial charge in [0.2, 0.25) is 0 Å². The van der Waals surface area contributed by atoms with Crippen LogP contribution >= 0.6 is 24.0 Å². The average Bonchev–Trinajstić information content (AvgIpc) is 2.69. The Morgan fingerprint density at radius 2 is 2.00 bits per heavy atom. The standard InChI is InChI=1S/C12H11NO4S2/c1-16-8-5-7(14)9(17-2)3-6(8)4-10-11(15)13-12(18)19-10/h3-5,14H,1-2H3,(H,13,15,18)/b10-4+. The van der Waals surface area contributed by atoms with E-state index in [-0.39, 0.29) is 11.7 Å². The fourth-order valence-corrected chi connectivity index (χ4v) is 2.62. The fourth-order valence-electron chi connectivity index (χ4n) is 1.58. The zero-order chi connectivity index (χ0) is 14.0. The first-order chi connectivity index (χ1) is 9.05. The van der Waals surface area contributed by atoms with Crippen molar-refractivity contribution in [3.63, 3.8) is 0 Å². The number of thiocarbonyl (C=S) groups is 1. The van der Waals surface area contributed by atoms with E-state index in [2.05, 4.69) is 5.32 Å². The van der Waals surface area contributed by atoms with Crippen molar-refractivity contribution in [1.82, 2.24) is 5.32 Å². The zero-order valence-corrected chi connectivity index (χ0v) is 11.9. The van der Waals surface area contributed by atoms with Crippen LogP contribution in [0.2, 0.25) is 0 Å². The van der Waals surface area contributed by atoms with Crippen LogP contribution < -0.4 is 14.8 Å². The predicted molar refractivity (Wildman–Crippen MR) is 77.5 cm³/mol. The van der Waals surface area contributed by atoms with Crippen molar-refractivity contribution >= 4 is 40.3 Å². The lowest BCUT2D eigenvalue weighted by Crippen LogP contribution is -2.17. The van der Waals surface area contributed by atoms with Crippen LogP contribution in [0.1, 0.15) is 5.56 Å². The van der Waals surface area contributed by atoms with Gasteiger partial charge in [0.25, 0.3) is 5.91 Å². The molecule has 100 valence electrons. The molecule has 1 aliphatic heterocycles. The summed E-state index contributed by atoms with van der Waals surface area (Å²) in [6, 6.07) is 3.03. The van der Waals surface area contributed by atoms with Crippen LogP contribution in [0.5, 0.6) is 17.2 Å². The van der Waals surface area contributed by atoms with E-state index in [1.165, 1.54) is 32.0 Å². The number of hydrogen-bond donors (Lipinski definition) is 2. The Hall–Kier alpha value is -1.73. The number of benzene rings is 1. The number of phenols is 1. The van der Waals surface area contributed by atoms with Crippen LogP contribution in [0.15, 0.2) is 17.0 Å². The summed E-state index contributed by atoms with van der Waals surface area (Å²) in [7, 11) is 2.93. The molecule has 2 rings (SSSR count). The normalized spacial score (nSPS) is 16.6. The quantitative estimate of drug-likeness (QED) is 0.656. The molecular weight excluding hydrogens is 286 g/mol. The van der Waals surface area contributed by atoms with Crippen molar-refractivity contribution < 1.29 is 19.4 Å². The maximum absolute atomic E-state index is 11.6. The number of phenolic OH excluding ortho intramolecular Hbond substituents is 1. The molecule has 0 radical (unpaired) electrons. The smallest absolute Gasteiger partial charge is 0.263 e. The van der Waals surface area contributed by atoms with Crippen LogP contribution in [-0.4, -0.2) is 29.6 Å². The van der Waals surface area contributed by atoms with E-state index in [1.54, 1.807) is 12.1 Å². The molecule has 0 unspecified atom stereocenters. The van der Waals surface area contributed by atoms with E-state index in [9.17, 15) is 9.90 Å². The second kappa shape index (κ2) is 5.50. The molecule has 0 saturated carbocycles. The third-order valence-electron chi connectivity index (χ3n) is 2.46. The number of hydrogen-bond acceptors (Lipinski definition) is 6. The Labute approximate surface area is 119 Å². The summed E-state index contributed by atoms with van der Waals surface area (Å²) in [6.45, 7) is 0. The molecule has 1 fully saturated rings. The first-order valence-electron chi connectivity index (χ1n) is 5.25. The van der Waals surface area contributed by atoms with Gasteiger partial charge in [-0.1, -0.05) is 24.0 Å². The minimum atomic E-state index is -0.246. The van der Waals surface area contributed by atoms with Crippen LogP contribution in [0.25, 0.3) is 6.08 Å². The number of amides is 1. The molecule has 0 bridgehead atoms. The van der Waals surface area contributed by atoms with Gasteiger partial charge in [-0.05, 0) is 12.1 Å². The molecule has 0 aliphatic carbocycles. The second-order valence-corrected chi connectivity index (χ2v) is 5.34. The molecule has 5 nitrogen and oxygen atoms in total. The molecule has 19 heavy (non-hydrogen) atoms. The lowest BCUT2D eigenvalue weighted by Gasteiger charge is -2.09. The Kier molecular flexibility index (Phi) is 3.96. The molecule has 1 amide bonds. The highest BCUT2D eigenvalue weighted by molar-refractivity contribution is 8.26. The van der Waals surface area contributed by atoms with E-state index in [0.29, 0.717) is 26.3 Å². The number of thioether (sulfide) groups is 1. The summed E-state index contributed by atoms with van der Waals surface area (Å²) in [6.07, 6.45) is 1.64. The second-order valence-electron chi connectivity index (χ2n) is 3.62. The molecule has 7 heteroatoms. The number of ether oxygens (including phenoxy) is 2. The largest absolute Gasteiger partial charge is 0.504 e. The summed E-state index contributed by atoms with van der Waals surface area (Å²) in [5.74, 6) is 0.472. The number of rotatable bonds is 3. The maximum Gasteiger partial charge on any atom is 0.263 e. The summed E-state index contributed by atoms with van der Waals surface area (Å²) in [5, 5.41) is 12.2. The Balaban J connectivity index is 2.47. The minimum Gasteiger partial charge on any atom is -0.504 e. The Bertz CT molecular complexity index is 583. The topological polar surface area (TPSA) is 67.8 Å². The summed E-state index contributed by atoms with van der Waals surface area (Å²) in [5.41, 5.74) is 0.625. The Morgan fingerprint density at radius 3 is 2.53 bits per heavy atom. The average molecular weight is 297 g/mol. The van der Waals surface area contributed by atoms with Crippen LogP contribution in [0.3, 0.4) is 0 Å². The molecular formula is C12H11NO4S2. The van der Waals surface area contributed by atoms with Gasteiger partial charge in [0, 0.05) is 11.6 Å². The van der Waals surface area contributed by atoms with Gasteiger partial charge in [-0.3, -0.25) is 4.79 Å². The maximum atomic E-state index is 11.6. The first-order valence-corrected chi connectivity index (χ1v) is 6.47. The van der Waals surface area contributed by atoms with Gasteiger partial charge in [0.05, 0.1) is 19.1 Å². The minimum absolute atomic E-state index is 0.0273. The van der Waals surface area contributed by atoms with Crippen molar-refractivity contribution in [3.05, 3.63) is 22.6 Å². The highest BCUT2D eigenvalue weighted by atomic mass is 32.2. The molecule has 0 spiro atoms. The van der Waals surface area contributed by atoms with Crippen molar-refractivity contribution in [3.8, 4) is 17.2 Å². The van der Waals surface area contributed by atoms with Crippen molar-refractivity contribution in [2.75, 3.05) is 14.2 Å². The van der Waals surface area contributed by atoms with Crippen LogP contribution in [0.4, 0.5) is 0 Å². The number of aromatic hydroxyl groups is 1. The zero-order valence-electron chi connectivity index (χ0n) is 10.2. The molecule has 0 atom stereocenters. The molecule has 2 N–H and O–H groups in total. The predicted octanol–water partition coefficient (Wildman–Crippen LogP) is 1.90. The number of methoxy groups -OCH3 is 2. The van der Waals surface area contributed by atoms with Crippen molar-refractivity contribution in [2.24, 2.45) is 0 Å². The molecule has 1 aromatic carbocycles. The monoisotopic (exact) mass is 297 g/mol. The van der Waals surface area contributed by atoms with Gasteiger partial charge < -0.3 is 19.9 Å². The summed E-state index contributed by atoms with van der Waals surface area (Å²) >= 11 is 6.09. The van der Waals surface area contributed by atoms with E-state index in [0.717, 1.165) is 0 Å². The molecule has 1 aliphatic rings. The SMILES string of the molecule is COc1cc(/C=C2/SC(=S)NC2=O)c(OC)cc1O. The summed E-state index contributed by atoms with van der Waals surface area (Å²) in [4.78, 5) is 12.1. The van der Waals surface area contributed by atoms with Gasteiger partial charge in [0.1, 0.15) is 10.1 Å². The van der Waals surface area contributed by atoms with Crippen LogP contribution in [0, 0.1) is 0 Å².